The van der Waals surface area contributed by atoms with E-state index in [1.165, 1.54) is 25.9 Å². The molecule has 0 amide bonds. The molecule has 2 heterocycles. The number of likely N-dealkylation sites (tertiary alicyclic amines) is 1. The van der Waals surface area contributed by atoms with Crippen molar-refractivity contribution in [3.8, 4) is 0 Å². The van der Waals surface area contributed by atoms with Gasteiger partial charge in [0.05, 0.1) is 0 Å². The van der Waals surface area contributed by atoms with E-state index in [1.54, 1.807) is 0 Å². The van der Waals surface area contributed by atoms with Gasteiger partial charge >= 0.3 is 0 Å². The van der Waals surface area contributed by atoms with Crippen molar-refractivity contribution in [1.82, 2.24) is 14.7 Å². The van der Waals surface area contributed by atoms with Crippen molar-refractivity contribution in [2.75, 3.05) is 18.8 Å². The molecular formula is C13H24N4. The van der Waals surface area contributed by atoms with Crippen LogP contribution in [0.15, 0.2) is 12.3 Å². The van der Waals surface area contributed by atoms with Gasteiger partial charge in [-0.25, -0.2) is 0 Å². The number of aromatic nitrogens is 2. The minimum Gasteiger partial charge on any atom is -0.382 e. The van der Waals surface area contributed by atoms with Crippen LogP contribution < -0.4 is 5.73 Å². The third kappa shape index (κ3) is 3.46. The maximum absolute atomic E-state index is 5.59. The van der Waals surface area contributed by atoms with Gasteiger partial charge in [-0.15, -0.1) is 0 Å². The Balaban J connectivity index is 1.71. The molecular weight excluding hydrogens is 212 g/mol. The molecule has 2 atom stereocenters. The minimum atomic E-state index is 0.616. The summed E-state index contributed by atoms with van der Waals surface area (Å²) in [7, 11) is 0. The van der Waals surface area contributed by atoms with Gasteiger partial charge in [0.2, 0.25) is 0 Å². The molecule has 96 valence electrons. The molecule has 0 spiro atoms. The highest BCUT2D eigenvalue weighted by Crippen LogP contribution is 2.21. The lowest BCUT2D eigenvalue weighted by Gasteiger charge is -2.36. The Kier molecular flexibility index (Phi) is 4.05. The Morgan fingerprint density at radius 3 is 2.88 bits per heavy atom. The third-order valence-electron chi connectivity index (χ3n) is 3.77. The zero-order valence-corrected chi connectivity index (χ0v) is 11.0. The van der Waals surface area contributed by atoms with Crippen LogP contribution >= 0.6 is 0 Å². The van der Waals surface area contributed by atoms with E-state index in [2.05, 4.69) is 23.8 Å². The third-order valence-corrected chi connectivity index (χ3v) is 3.77. The van der Waals surface area contributed by atoms with E-state index in [9.17, 15) is 0 Å². The van der Waals surface area contributed by atoms with Crippen molar-refractivity contribution in [2.24, 2.45) is 5.92 Å². The molecule has 1 aromatic heterocycles. The first-order chi connectivity index (χ1) is 8.15. The molecule has 0 saturated carbocycles. The number of anilines is 1. The lowest BCUT2D eigenvalue weighted by Crippen LogP contribution is -2.40. The molecule has 0 aromatic carbocycles. The van der Waals surface area contributed by atoms with Crippen LogP contribution in [0.5, 0.6) is 0 Å². The van der Waals surface area contributed by atoms with E-state index in [-0.39, 0.29) is 0 Å². The van der Waals surface area contributed by atoms with Crippen LogP contribution in [0.3, 0.4) is 0 Å². The molecule has 1 saturated heterocycles. The fourth-order valence-electron chi connectivity index (χ4n) is 2.73. The highest BCUT2D eigenvalue weighted by Gasteiger charge is 2.21. The number of nitrogen functional groups attached to an aromatic ring is 1. The Labute approximate surface area is 104 Å². The molecule has 0 aliphatic carbocycles. The van der Waals surface area contributed by atoms with E-state index in [0.29, 0.717) is 5.82 Å². The van der Waals surface area contributed by atoms with E-state index < -0.39 is 0 Å². The molecule has 2 N–H and O–H groups in total. The molecule has 4 nitrogen and oxygen atoms in total. The summed E-state index contributed by atoms with van der Waals surface area (Å²) in [6, 6.07) is 2.59. The van der Waals surface area contributed by atoms with Crippen molar-refractivity contribution in [2.45, 2.75) is 45.7 Å². The van der Waals surface area contributed by atoms with Crippen LogP contribution in [0, 0.1) is 5.92 Å². The summed E-state index contributed by atoms with van der Waals surface area (Å²) in [5.41, 5.74) is 5.59. The first-order valence-corrected chi connectivity index (χ1v) is 6.68. The van der Waals surface area contributed by atoms with E-state index >= 15 is 0 Å². The van der Waals surface area contributed by atoms with Crippen molar-refractivity contribution in [1.29, 1.82) is 0 Å². The summed E-state index contributed by atoms with van der Waals surface area (Å²) in [6.07, 6.45) is 5.80. The summed E-state index contributed by atoms with van der Waals surface area (Å²) >= 11 is 0. The number of hydrogen-bond acceptors (Lipinski definition) is 3. The smallest absolute Gasteiger partial charge is 0.145 e. The van der Waals surface area contributed by atoms with Crippen LogP contribution in [-0.4, -0.2) is 33.8 Å². The molecule has 1 aliphatic heterocycles. The average Bonchev–Trinajstić information content (AvgIpc) is 2.68. The predicted octanol–water partition coefficient (Wildman–Crippen LogP) is 1.98. The molecule has 0 radical (unpaired) electrons. The summed E-state index contributed by atoms with van der Waals surface area (Å²) < 4.78 is 1.94. The standard InChI is InChI=1S/C13H24N4/c1-11-4-8-16(12(2)10-11)6-3-7-17-9-5-13(14)15-17/h5,9,11-12H,3-4,6-8,10H2,1-2H3,(H2,14,15). The van der Waals surface area contributed by atoms with Gasteiger partial charge in [0.25, 0.3) is 0 Å². The number of piperidine rings is 1. The molecule has 2 rings (SSSR count). The van der Waals surface area contributed by atoms with Gasteiger partial charge < -0.3 is 10.6 Å². The lowest BCUT2D eigenvalue weighted by atomic mass is 9.93. The Hall–Kier alpha value is -1.03. The topological polar surface area (TPSA) is 47.1 Å². The van der Waals surface area contributed by atoms with Gasteiger partial charge in [-0.2, -0.15) is 5.10 Å². The van der Waals surface area contributed by atoms with Crippen LogP contribution in [0.2, 0.25) is 0 Å². The van der Waals surface area contributed by atoms with Crippen LogP contribution in [-0.2, 0) is 6.54 Å². The van der Waals surface area contributed by atoms with Crippen molar-refractivity contribution >= 4 is 5.82 Å². The van der Waals surface area contributed by atoms with E-state index in [0.717, 1.165) is 24.9 Å². The lowest BCUT2D eigenvalue weighted by molar-refractivity contribution is 0.126. The zero-order chi connectivity index (χ0) is 12.3. The van der Waals surface area contributed by atoms with Crippen LogP contribution in [0.1, 0.15) is 33.1 Å². The molecule has 0 bridgehead atoms. The fourth-order valence-corrected chi connectivity index (χ4v) is 2.73. The Morgan fingerprint density at radius 1 is 1.41 bits per heavy atom. The highest BCUT2D eigenvalue weighted by molar-refractivity contribution is 5.23. The summed E-state index contributed by atoms with van der Waals surface area (Å²) in [5.74, 6) is 1.51. The van der Waals surface area contributed by atoms with Gasteiger partial charge in [0, 0.05) is 25.3 Å². The number of rotatable bonds is 4. The quantitative estimate of drug-likeness (QED) is 0.869. The second-order valence-electron chi connectivity index (χ2n) is 5.37. The van der Waals surface area contributed by atoms with E-state index in [1.807, 2.05) is 16.9 Å². The van der Waals surface area contributed by atoms with Crippen LogP contribution in [0.25, 0.3) is 0 Å². The Bertz CT molecular complexity index is 347. The normalized spacial score (nSPS) is 26.2. The van der Waals surface area contributed by atoms with E-state index in [4.69, 9.17) is 5.73 Å². The highest BCUT2D eigenvalue weighted by atomic mass is 15.3. The number of nitrogens with two attached hydrogens (primary N) is 1. The number of nitrogens with zero attached hydrogens (tertiary/aromatic N) is 3. The molecule has 1 aliphatic rings. The largest absolute Gasteiger partial charge is 0.382 e. The van der Waals surface area contributed by atoms with Crippen molar-refractivity contribution in [3.05, 3.63) is 12.3 Å². The van der Waals surface area contributed by atoms with Crippen molar-refractivity contribution in [3.63, 3.8) is 0 Å². The SMILES string of the molecule is CC1CCN(CCCn2ccc(N)n2)C(C)C1. The van der Waals surface area contributed by atoms with Gasteiger partial charge in [-0.05, 0) is 44.7 Å². The zero-order valence-electron chi connectivity index (χ0n) is 11.0. The van der Waals surface area contributed by atoms with Gasteiger partial charge in [0.1, 0.15) is 5.82 Å². The maximum atomic E-state index is 5.59. The molecule has 17 heavy (non-hydrogen) atoms. The van der Waals surface area contributed by atoms with Crippen molar-refractivity contribution < 1.29 is 0 Å². The summed E-state index contributed by atoms with van der Waals surface area (Å²) in [6.45, 7) is 8.11. The fraction of sp³-hybridized carbons (Fsp3) is 0.769. The molecule has 4 heteroatoms. The molecule has 1 aromatic rings. The van der Waals surface area contributed by atoms with Gasteiger partial charge in [-0.1, -0.05) is 6.92 Å². The summed E-state index contributed by atoms with van der Waals surface area (Å²) in [4.78, 5) is 2.60. The van der Waals surface area contributed by atoms with Crippen LogP contribution in [0.4, 0.5) is 5.82 Å². The molecule has 2 unspecified atom stereocenters. The van der Waals surface area contributed by atoms with Gasteiger partial charge in [-0.3, -0.25) is 4.68 Å². The average molecular weight is 236 g/mol. The second kappa shape index (κ2) is 5.54. The Morgan fingerprint density at radius 2 is 2.24 bits per heavy atom. The predicted molar refractivity (Wildman–Crippen MR) is 70.7 cm³/mol. The minimum absolute atomic E-state index is 0.616. The first-order valence-electron chi connectivity index (χ1n) is 6.68. The second-order valence-corrected chi connectivity index (χ2v) is 5.37. The first kappa shape index (κ1) is 12.4. The maximum Gasteiger partial charge on any atom is 0.145 e. The number of aryl methyl sites for hydroxylation is 1. The van der Waals surface area contributed by atoms with Gasteiger partial charge in [0.15, 0.2) is 0 Å². The molecule has 1 fully saturated rings. The monoisotopic (exact) mass is 236 g/mol. The number of hydrogen-bond donors (Lipinski definition) is 1. The summed E-state index contributed by atoms with van der Waals surface area (Å²) in [5, 5.41) is 4.20.